The Morgan fingerprint density at radius 1 is 0.964 bits per heavy atom. The fraction of sp³-hybridized carbons (Fsp3) is 0.429. The van der Waals surface area contributed by atoms with Crippen LogP contribution in [0.3, 0.4) is 0 Å². The maximum absolute atomic E-state index is 12.2. The average molecular weight is 387 g/mol. The molecule has 0 aliphatic rings. The molecule has 0 saturated heterocycles. The van der Waals surface area contributed by atoms with Crippen molar-refractivity contribution in [1.29, 1.82) is 0 Å². The molecule has 0 aliphatic heterocycles. The van der Waals surface area contributed by atoms with Crippen molar-refractivity contribution in [3.05, 3.63) is 53.5 Å². The van der Waals surface area contributed by atoms with Gasteiger partial charge in [-0.05, 0) is 55.9 Å². The third-order valence-electron chi connectivity index (χ3n) is 4.33. The molecule has 0 fully saturated rings. The second-order valence-electron chi connectivity index (χ2n) is 6.36. The van der Waals surface area contributed by atoms with E-state index in [1.807, 2.05) is 0 Å². The highest BCUT2D eigenvalue weighted by molar-refractivity contribution is 5.98. The minimum absolute atomic E-state index is 0.155. The van der Waals surface area contributed by atoms with Crippen LogP contribution in [-0.4, -0.2) is 36.4 Å². The zero-order valence-corrected chi connectivity index (χ0v) is 16.8. The Balaban J connectivity index is 1.83. The third kappa shape index (κ3) is 6.42. The van der Waals surface area contributed by atoms with Crippen molar-refractivity contribution in [2.24, 2.45) is 0 Å². The fourth-order valence-corrected chi connectivity index (χ4v) is 2.54. The Bertz CT molecular complexity index is 751. The lowest BCUT2D eigenvalue weighted by Crippen LogP contribution is -2.41. The number of ether oxygens (including phenoxy) is 1. The Morgan fingerprint density at radius 3 is 2.29 bits per heavy atom. The summed E-state index contributed by atoms with van der Waals surface area (Å²) in [4.78, 5) is 26.5. The van der Waals surface area contributed by atoms with Crippen LogP contribution in [0.25, 0.3) is 0 Å². The van der Waals surface area contributed by atoms with Crippen LogP contribution in [-0.2, 0) is 6.54 Å². The normalized spacial score (nSPS) is 10.7. The highest BCUT2D eigenvalue weighted by Gasteiger charge is 2.14. The van der Waals surface area contributed by atoms with Gasteiger partial charge in [-0.1, -0.05) is 27.2 Å². The molecule has 1 aromatic carbocycles. The maximum Gasteiger partial charge on any atom is 0.305 e. The topological polar surface area (TPSA) is 83.8 Å². The summed E-state index contributed by atoms with van der Waals surface area (Å²) in [5.41, 5.74) is 5.18. The average Bonchev–Trinajstić information content (AvgIpc) is 3.19. The van der Waals surface area contributed by atoms with Gasteiger partial charge in [0.25, 0.3) is 5.91 Å². The largest absolute Gasteiger partial charge is 0.494 e. The Hall–Kier alpha value is -2.80. The number of rotatable bonds is 10. The van der Waals surface area contributed by atoms with Crippen LogP contribution < -0.4 is 15.6 Å². The van der Waals surface area contributed by atoms with Gasteiger partial charge >= 0.3 is 5.91 Å². The number of carbonyl (C=O) groups is 2. The van der Waals surface area contributed by atoms with Crippen LogP contribution in [0.4, 0.5) is 0 Å². The van der Waals surface area contributed by atoms with Gasteiger partial charge in [0, 0.05) is 5.56 Å². The highest BCUT2D eigenvalue weighted by Crippen LogP contribution is 2.13. The first-order valence-corrected chi connectivity index (χ1v) is 9.71. The van der Waals surface area contributed by atoms with Gasteiger partial charge in [0.15, 0.2) is 5.76 Å². The van der Waals surface area contributed by atoms with Crippen molar-refractivity contribution in [3.63, 3.8) is 0 Å². The number of nitrogens with zero attached hydrogens (tertiary/aromatic N) is 1. The molecule has 2 amide bonds. The van der Waals surface area contributed by atoms with Gasteiger partial charge in [0.2, 0.25) is 0 Å². The molecule has 0 saturated carbocycles. The molecule has 0 unspecified atom stereocenters. The standard InChI is InChI=1S/C21H29N3O4/c1-4-7-14-27-17-10-8-16(9-11-17)20(25)22-23-21(26)19-13-12-18(28-19)15-24(5-2)6-3/h8-13H,4-7,14-15H2,1-3H3,(H,22,25)(H,23,26). The quantitative estimate of drug-likeness (QED) is 0.482. The lowest BCUT2D eigenvalue weighted by atomic mass is 10.2. The van der Waals surface area contributed by atoms with Crippen LogP contribution in [0, 0.1) is 0 Å². The van der Waals surface area contributed by atoms with Crippen molar-refractivity contribution >= 4 is 11.8 Å². The predicted molar refractivity (Wildman–Crippen MR) is 107 cm³/mol. The summed E-state index contributed by atoms with van der Waals surface area (Å²) >= 11 is 0. The second kappa shape index (κ2) is 11.1. The van der Waals surface area contributed by atoms with Gasteiger partial charge < -0.3 is 9.15 Å². The molecule has 0 atom stereocenters. The number of benzene rings is 1. The molecule has 1 aromatic heterocycles. The number of amides is 2. The van der Waals surface area contributed by atoms with E-state index in [1.54, 1.807) is 36.4 Å². The molecule has 0 spiro atoms. The number of unbranched alkanes of at least 4 members (excludes halogenated alkanes) is 1. The number of nitrogens with one attached hydrogen (secondary N) is 2. The first-order valence-electron chi connectivity index (χ1n) is 9.71. The molecule has 28 heavy (non-hydrogen) atoms. The van der Waals surface area contributed by atoms with Crippen molar-refractivity contribution in [3.8, 4) is 5.75 Å². The zero-order chi connectivity index (χ0) is 20.4. The summed E-state index contributed by atoms with van der Waals surface area (Å²) in [7, 11) is 0. The molecule has 0 bridgehead atoms. The van der Waals surface area contributed by atoms with Gasteiger partial charge in [0.05, 0.1) is 13.2 Å². The molecular formula is C21H29N3O4. The van der Waals surface area contributed by atoms with E-state index in [4.69, 9.17) is 9.15 Å². The van der Waals surface area contributed by atoms with E-state index < -0.39 is 11.8 Å². The molecule has 152 valence electrons. The Labute approximate surface area is 166 Å². The summed E-state index contributed by atoms with van der Waals surface area (Å²) in [6.07, 6.45) is 2.05. The zero-order valence-electron chi connectivity index (χ0n) is 16.8. The lowest BCUT2D eigenvalue weighted by molar-refractivity contribution is 0.0829. The Morgan fingerprint density at radius 2 is 1.64 bits per heavy atom. The van der Waals surface area contributed by atoms with Crippen molar-refractivity contribution in [2.45, 2.75) is 40.2 Å². The van der Waals surface area contributed by atoms with Gasteiger partial charge in [-0.3, -0.25) is 25.3 Å². The summed E-state index contributed by atoms with van der Waals surface area (Å²) in [5, 5.41) is 0. The van der Waals surface area contributed by atoms with Gasteiger partial charge in [0.1, 0.15) is 11.5 Å². The van der Waals surface area contributed by atoms with Crippen molar-refractivity contribution in [2.75, 3.05) is 19.7 Å². The molecule has 2 rings (SSSR count). The molecule has 2 N–H and O–H groups in total. The smallest absolute Gasteiger partial charge is 0.305 e. The minimum Gasteiger partial charge on any atom is -0.494 e. The van der Waals surface area contributed by atoms with Crippen LogP contribution in [0.5, 0.6) is 5.75 Å². The third-order valence-corrected chi connectivity index (χ3v) is 4.33. The number of furan rings is 1. The van der Waals surface area contributed by atoms with Crippen LogP contribution >= 0.6 is 0 Å². The molecule has 0 aliphatic carbocycles. The number of carbonyl (C=O) groups excluding carboxylic acids is 2. The van der Waals surface area contributed by atoms with Crippen LogP contribution in [0.15, 0.2) is 40.8 Å². The molecular weight excluding hydrogens is 358 g/mol. The van der Waals surface area contributed by atoms with Gasteiger partial charge in [-0.25, -0.2) is 0 Å². The fourth-order valence-electron chi connectivity index (χ4n) is 2.54. The summed E-state index contributed by atoms with van der Waals surface area (Å²) in [5.74, 6) is 0.661. The number of hydrazine groups is 1. The van der Waals surface area contributed by atoms with E-state index in [1.165, 1.54) is 0 Å². The van der Waals surface area contributed by atoms with E-state index in [9.17, 15) is 9.59 Å². The number of hydrogen-bond acceptors (Lipinski definition) is 5. The van der Waals surface area contributed by atoms with E-state index >= 15 is 0 Å². The van der Waals surface area contributed by atoms with Gasteiger partial charge in [-0.2, -0.15) is 0 Å². The van der Waals surface area contributed by atoms with E-state index in [0.29, 0.717) is 30.2 Å². The number of hydrogen-bond donors (Lipinski definition) is 2. The minimum atomic E-state index is -0.501. The van der Waals surface area contributed by atoms with Gasteiger partial charge in [-0.15, -0.1) is 0 Å². The molecule has 0 radical (unpaired) electrons. The van der Waals surface area contributed by atoms with E-state index in [2.05, 4.69) is 36.5 Å². The SMILES string of the molecule is CCCCOc1ccc(C(=O)NNC(=O)c2ccc(CN(CC)CC)o2)cc1. The summed E-state index contributed by atoms with van der Waals surface area (Å²) in [6, 6.07) is 10.1. The maximum atomic E-state index is 12.2. The second-order valence-corrected chi connectivity index (χ2v) is 6.36. The summed E-state index contributed by atoms with van der Waals surface area (Å²) < 4.78 is 11.1. The monoisotopic (exact) mass is 387 g/mol. The van der Waals surface area contributed by atoms with E-state index in [-0.39, 0.29) is 5.76 Å². The van der Waals surface area contributed by atoms with Crippen molar-refractivity contribution < 1.29 is 18.7 Å². The molecule has 7 heteroatoms. The first kappa shape index (κ1) is 21.5. The lowest BCUT2D eigenvalue weighted by Gasteiger charge is -2.15. The molecule has 2 aromatic rings. The van der Waals surface area contributed by atoms with Crippen LogP contribution in [0.2, 0.25) is 0 Å². The predicted octanol–water partition coefficient (Wildman–Crippen LogP) is 3.38. The first-order chi connectivity index (χ1) is 13.6. The molecule has 7 nitrogen and oxygen atoms in total. The van der Waals surface area contributed by atoms with Crippen LogP contribution in [0.1, 0.15) is 60.3 Å². The summed E-state index contributed by atoms with van der Waals surface area (Å²) in [6.45, 7) is 9.32. The Kier molecular flexibility index (Phi) is 8.55. The van der Waals surface area contributed by atoms with Crippen molar-refractivity contribution in [1.82, 2.24) is 15.8 Å². The van der Waals surface area contributed by atoms with E-state index in [0.717, 1.165) is 25.9 Å². The molecule has 1 heterocycles. The highest BCUT2D eigenvalue weighted by atomic mass is 16.5.